The summed E-state index contributed by atoms with van der Waals surface area (Å²) >= 11 is 0. The summed E-state index contributed by atoms with van der Waals surface area (Å²) in [6.45, 7) is 0.960. The Labute approximate surface area is 92.2 Å². The minimum absolute atomic E-state index is 0.185. The Balaban J connectivity index is 3.13. The zero-order chi connectivity index (χ0) is 12.3. The van der Waals surface area contributed by atoms with Gasteiger partial charge in [0, 0.05) is 0 Å². The highest BCUT2D eigenvalue weighted by Gasteiger charge is 2.17. The van der Waals surface area contributed by atoms with Crippen LogP contribution in [0.5, 0.6) is 5.75 Å². The first-order valence-electron chi connectivity index (χ1n) is 4.23. The molecule has 0 aromatic heterocycles. The number of carboxylic acid groups (broad SMARTS) is 1. The third kappa shape index (κ3) is 3.21. The van der Waals surface area contributed by atoms with Gasteiger partial charge < -0.3 is 9.84 Å². The van der Waals surface area contributed by atoms with Crippen molar-refractivity contribution in [2.24, 2.45) is 0 Å². The molecule has 0 saturated carbocycles. The summed E-state index contributed by atoms with van der Waals surface area (Å²) in [5.41, 5.74) is 0.607. The Morgan fingerprint density at radius 3 is 2.56 bits per heavy atom. The highest BCUT2D eigenvalue weighted by Crippen LogP contribution is 2.24. The summed E-state index contributed by atoms with van der Waals surface area (Å²) in [6.07, 6.45) is 0. The van der Waals surface area contributed by atoms with Crippen LogP contribution >= 0.6 is 0 Å². The standard InChI is InChI=1S/C9H10O6S/c1-6-2-3-7(15-5-9(10)11)8(4-6)16(12,13)14/h2-4H,5H2,1H3,(H,10,11)(H,12,13,14). The highest BCUT2D eigenvalue weighted by molar-refractivity contribution is 7.86. The molecule has 6 nitrogen and oxygen atoms in total. The van der Waals surface area contributed by atoms with Gasteiger partial charge in [0.05, 0.1) is 0 Å². The van der Waals surface area contributed by atoms with Crippen molar-refractivity contribution in [3.8, 4) is 5.75 Å². The zero-order valence-corrected chi connectivity index (χ0v) is 9.19. The number of aryl methyl sites for hydroxylation is 1. The van der Waals surface area contributed by atoms with Gasteiger partial charge in [0.2, 0.25) is 0 Å². The SMILES string of the molecule is Cc1ccc(OCC(=O)O)c(S(=O)(=O)O)c1. The van der Waals surface area contributed by atoms with E-state index in [1.54, 1.807) is 13.0 Å². The number of benzene rings is 1. The van der Waals surface area contributed by atoms with Crippen LogP contribution in [-0.2, 0) is 14.9 Å². The molecule has 2 N–H and O–H groups in total. The second-order valence-electron chi connectivity index (χ2n) is 3.11. The molecule has 0 aliphatic rings. The van der Waals surface area contributed by atoms with Crippen molar-refractivity contribution < 1.29 is 27.6 Å². The summed E-state index contributed by atoms with van der Waals surface area (Å²) in [6, 6.07) is 4.04. The maximum absolute atomic E-state index is 11.0. The average Bonchev–Trinajstić information content (AvgIpc) is 2.14. The molecule has 0 radical (unpaired) electrons. The maximum Gasteiger partial charge on any atom is 0.341 e. The van der Waals surface area contributed by atoms with E-state index in [0.717, 1.165) is 0 Å². The van der Waals surface area contributed by atoms with Gasteiger partial charge in [0.25, 0.3) is 10.1 Å². The first-order chi connectivity index (χ1) is 7.30. The number of rotatable bonds is 4. The quantitative estimate of drug-likeness (QED) is 0.758. The van der Waals surface area contributed by atoms with Gasteiger partial charge in [0.15, 0.2) is 6.61 Å². The van der Waals surface area contributed by atoms with E-state index in [-0.39, 0.29) is 5.75 Å². The van der Waals surface area contributed by atoms with E-state index in [1.165, 1.54) is 12.1 Å². The van der Waals surface area contributed by atoms with Crippen LogP contribution in [0, 0.1) is 6.92 Å². The van der Waals surface area contributed by atoms with Crippen molar-refractivity contribution in [2.45, 2.75) is 11.8 Å². The minimum atomic E-state index is -4.42. The molecule has 1 aromatic carbocycles. The van der Waals surface area contributed by atoms with E-state index in [2.05, 4.69) is 0 Å². The van der Waals surface area contributed by atoms with Gasteiger partial charge in [-0.25, -0.2) is 4.79 Å². The number of aliphatic carboxylic acids is 1. The largest absolute Gasteiger partial charge is 0.480 e. The maximum atomic E-state index is 11.0. The Hall–Kier alpha value is -1.60. The van der Waals surface area contributed by atoms with Crippen LogP contribution in [0.3, 0.4) is 0 Å². The number of hydrogen-bond donors (Lipinski definition) is 2. The van der Waals surface area contributed by atoms with Gasteiger partial charge in [-0.2, -0.15) is 8.42 Å². The van der Waals surface area contributed by atoms with Crippen molar-refractivity contribution in [3.63, 3.8) is 0 Å². The second kappa shape index (κ2) is 4.50. The van der Waals surface area contributed by atoms with Gasteiger partial charge in [-0.3, -0.25) is 4.55 Å². The van der Waals surface area contributed by atoms with E-state index in [1.807, 2.05) is 0 Å². The second-order valence-corrected chi connectivity index (χ2v) is 4.50. The fraction of sp³-hybridized carbons (Fsp3) is 0.222. The molecular weight excluding hydrogens is 236 g/mol. The van der Waals surface area contributed by atoms with Crippen molar-refractivity contribution in [2.75, 3.05) is 6.61 Å². The van der Waals surface area contributed by atoms with Crippen LogP contribution in [0.4, 0.5) is 0 Å². The minimum Gasteiger partial charge on any atom is -0.480 e. The monoisotopic (exact) mass is 246 g/mol. The van der Waals surface area contributed by atoms with E-state index in [4.69, 9.17) is 14.4 Å². The smallest absolute Gasteiger partial charge is 0.341 e. The van der Waals surface area contributed by atoms with E-state index in [9.17, 15) is 13.2 Å². The molecule has 7 heteroatoms. The van der Waals surface area contributed by atoms with Gasteiger partial charge >= 0.3 is 5.97 Å². The van der Waals surface area contributed by atoms with Gasteiger partial charge in [0.1, 0.15) is 10.6 Å². The fourth-order valence-corrected chi connectivity index (χ4v) is 1.79. The zero-order valence-electron chi connectivity index (χ0n) is 8.37. The Morgan fingerprint density at radius 2 is 2.06 bits per heavy atom. The summed E-state index contributed by atoms with van der Waals surface area (Å²) in [4.78, 5) is 9.83. The third-order valence-corrected chi connectivity index (χ3v) is 2.60. The van der Waals surface area contributed by atoms with Crippen LogP contribution < -0.4 is 4.74 Å². The lowest BCUT2D eigenvalue weighted by Gasteiger charge is -2.08. The average molecular weight is 246 g/mol. The summed E-state index contributed by atoms with van der Waals surface area (Å²) in [5, 5.41) is 8.39. The molecule has 1 aromatic rings. The van der Waals surface area contributed by atoms with Crippen molar-refractivity contribution in [1.29, 1.82) is 0 Å². The lowest BCUT2D eigenvalue weighted by atomic mass is 10.2. The number of carboxylic acids is 1. The summed E-state index contributed by atoms with van der Waals surface area (Å²) in [7, 11) is -4.42. The highest BCUT2D eigenvalue weighted by atomic mass is 32.2. The van der Waals surface area contributed by atoms with Crippen LogP contribution in [0.1, 0.15) is 5.56 Å². The van der Waals surface area contributed by atoms with Crippen LogP contribution in [0.25, 0.3) is 0 Å². The molecule has 0 fully saturated rings. The first-order valence-corrected chi connectivity index (χ1v) is 5.67. The van der Waals surface area contributed by atoms with E-state index in [0.29, 0.717) is 5.56 Å². The molecule has 0 atom stereocenters. The molecule has 0 bridgehead atoms. The molecule has 0 aliphatic carbocycles. The molecule has 0 aliphatic heterocycles. The van der Waals surface area contributed by atoms with Gasteiger partial charge in [-0.15, -0.1) is 0 Å². The molecule has 0 saturated heterocycles. The molecule has 0 spiro atoms. The Bertz CT molecular complexity index is 505. The first kappa shape index (κ1) is 12.5. The molecule has 0 unspecified atom stereocenters. The predicted molar refractivity (Wildman–Crippen MR) is 54.1 cm³/mol. The Kier molecular flexibility index (Phi) is 3.51. The summed E-state index contributed by atoms with van der Waals surface area (Å²) < 4.78 is 35.6. The topological polar surface area (TPSA) is 101 Å². The molecule has 0 heterocycles. The lowest BCUT2D eigenvalue weighted by Crippen LogP contribution is -2.12. The van der Waals surface area contributed by atoms with Crippen molar-refractivity contribution in [3.05, 3.63) is 23.8 Å². The fourth-order valence-electron chi connectivity index (χ4n) is 1.08. The Morgan fingerprint density at radius 1 is 1.44 bits per heavy atom. The van der Waals surface area contributed by atoms with Crippen LogP contribution in [0.2, 0.25) is 0 Å². The summed E-state index contributed by atoms with van der Waals surface area (Å²) in [5.74, 6) is -1.42. The molecule has 16 heavy (non-hydrogen) atoms. The van der Waals surface area contributed by atoms with Crippen LogP contribution in [-0.4, -0.2) is 30.7 Å². The van der Waals surface area contributed by atoms with Gasteiger partial charge in [-0.05, 0) is 24.6 Å². The van der Waals surface area contributed by atoms with Crippen molar-refractivity contribution in [1.82, 2.24) is 0 Å². The van der Waals surface area contributed by atoms with Crippen LogP contribution in [0.15, 0.2) is 23.1 Å². The molecule has 88 valence electrons. The van der Waals surface area contributed by atoms with Crippen molar-refractivity contribution >= 4 is 16.1 Å². The van der Waals surface area contributed by atoms with E-state index >= 15 is 0 Å². The lowest BCUT2D eigenvalue weighted by molar-refractivity contribution is -0.139. The molecular formula is C9H10O6S. The molecule has 0 amide bonds. The number of hydrogen-bond acceptors (Lipinski definition) is 4. The normalized spacial score (nSPS) is 11.1. The van der Waals surface area contributed by atoms with E-state index < -0.39 is 27.6 Å². The van der Waals surface area contributed by atoms with Gasteiger partial charge in [-0.1, -0.05) is 6.07 Å². The third-order valence-electron chi connectivity index (χ3n) is 1.73. The predicted octanol–water partition coefficient (Wildman–Crippen LogP) is 0.705. The number of carbonyl (C=O) groups is 1. The molecule has 1 rings (SSSR count). The number of ether oxygens (including phenoxy) is 1.